The normalized spacial score (nSPS) is 18.0. The molecule has 0 fully saturated rings. The van der Waals surface area contributed by atoms with Crippen LogP contribution in [0.2, 0.25) is 0 Å². The van der Waals surface area contributed by atoms with Crippen LogP contribution >= 0.6 is 0 Å². The van der Waals surface area contributed by atoms with Crippen molar-refractivity contribution in [3.63, 3.8) is 0 Å². The average Bonchev–Trinajstić information content (AvgIpc) is 3.50. The highest BCUT2D eigenvalue weighted by Crippen LogP contribution is 2.49. The molecule has 1 aromatic heterocycles. The molecule has 2 unspecified atom stereocenters. The zero-order valence-corrected chi connectivity index (χ0v) is 20.9. The number of anilines is 2. The SMILES string of the molecule is C1=CC2c3ccccc3N(c3ccccc3)C2C=C1c1ccc2c3ccccc3n(-c3ccccc3)c2c1. The summed E-state index contributed by atoms with van der Waals surface area (Å²) in [6.45, 7) is 0. The molecule has 1 aliphatic heterocycles. The molecule has 0 radical (unpaired) electrons. The second kappa shape index (κ2) is 8.36. The van der Waals surface area contributed by atoms with E-state index < -0.39 is 0 Å². The first-order valence-corrected chi connectivity index (χ1v) is 13.3. The fourth-order valence-corrected chi connectivity index (χ4v) is 6.43. The summed E-state index contributed by atoms with van der Waals surface area (Å²) in [7, 11) is 0. The summed E-state index contributed by atoms with van der Waals surface area (Å²) in [6.07, 6.45) is 7.19. The van der Waals surface area contributed by atoms with Gasteiger partial charge in [0, 0.05) is 33.8 Å². The summed E-state index contributed by atoms with van der Waals surface area (Å²) < 4.78 is 2.39. The third-order valence-corrected chi connectivity index (χ3v) is 8.11. The molecule has 38 heavy (non-hydrogen) atoms. The monoisotopic (exact) mass is 486 g/mol. The Morgan fingerprint density at radius 3 is 2.08 bits per heavy atom. The van der Waals surface area contributed by atoms with Crippen LogP contribution in [0.5, 0.6) is 0 Å². The number of rotatable bonds is 3. The van der Waals surface area contributed by atoms with Gasteiger partial charge in [0.25, 0.3) is 0 Å². The third kappa shape index (κ3) is 3.13. The topological polar surface area (TPSA) is 8.17 Å². The van der Waals surface area contributed by atoms with E-state index in [1.54, 1.807) is 0 Å². The van der Waals surface area contributed by atoms with Crippen LogP contribution in [0, 0.1) is 0 Å². The van der Waals surface area contributed by atoms with Crippen molar-refractivity contribution in [1.29, 1.82) is 0 Å². The van der Waals surface area contributed by atoms with E-state index >= 15 is 0 Å². The summed E-state index contributed by atoms with van der Waals surface area (Å²) in [5.41, 5.74) is 10.1. The summed E-state index contributed by atoms with van der Waals surface area (Å²) in [5, 5.41) is 2.57. The lowest BCUT2D eigenvalue weighted by molar-refractivity contribution is 0.747. The molecule has 1 aliphatic carbocycles. The molecule has 8 rings (SSSR count). The zero-order valence-electron chi connectivity index (χ0n) is 20.9. The molecular formula is C36H26N2. The van der Waals surface area contributed by atoms with E-state index in [1.807, 2.05) is 0 Å². The molecule has 6 aromatic rings. The van der Waals surface area contributed by atoms with Crippen LogP contribution in [0.25, 0.3) is 33.1 Å². The third-order valence-electron chi connectivity index (χ3n) is 8.11. The van der Waals surface area contributed by atoms with E-state index in [-0.39, 0.29) is 6.04 Å². The van der Waals surface area contributed by atoms with E-state index in [9.17, 15) is 0 Å². The van der Waals surface area contributed by atoms with Gasteiger partial charge in [-0.2, -0.15) is 0 Å². The van der Waals surface area contributed by atoms with E-state index in [0.29, 0.717) is 5.92 Å². The zero-order chi connectivity index (χ0) is 25.1. The first-order chi connectivity index (χ1) is 18.9. The van der Waals surface area contributed by atoms with Gasteiger partial charge >= 0.3 is 0 Å². The molecule has 2 heteroatoms. The molecule has 0 N–H and O–H groups in total. The summed E-state index contributed by atoms with van der Waals surface area (Å²) in [6, 6.07) is 46.2. The molecular weight excluding hydrogens is 460 g/mol. The molecule has 0 saturated carbocycles. The van der Waals surface area contributed by atoms with Gasteiger partial charge in [0.2, 0.25) is 0 Å². The Hall–Kier alpha value is -4.82. The van der Waals surface area contributed by atoms with Crippen molar-refractivity contribution in [2.75, 3.05) is 4.90 Å². The highest BCUT2D eigenvalue weighted by molar-refractivity contribution is 6.10. The van der Waals surface area contributed by atoms with E-state index in [0.717, 1.165) is 0 Å². The van der Waals surface area contributed by atoms with Gasteiger partial charge < -0.3 is 9.47 Å². The standard InChI is InChI=1S/C36H26N2/c1-3-11-27(12-4-1)37-33-17-9-7-15-29(33)31-21-19-25(23-35(31)37)26-20-22-32-30-16-8-10-18-34(30)38(36(32)24-26)28-13-5-2-6-14-28/h1-24,31,35H. The Morgan fingerprint density at radius 1 is 0.553 bits per heavy atom. The fourth-order valence-electron chi connectivity index (χ4n) is 6.43. The number of nitrogens with zero attached hydrogens (tertiary/aromatic N) is 2. The van der Waals surface area contributed by atoms with Crippen molar-refractivity contribution in [3.05, 3.63) is 157 Å². The minimum atomic E-state index is 0.241. The van der Waals surface area contributed by atoms with Gasteiger partial charge in [-0.25, -0.2) is 0 Å². The van der Waals surface area contributed by atoms with Crippen LogP contribution in [0.3, 0.4) is 0 Å². The molecule has 2 atom stereocenters. The fraction of sp³-hybridized carbons (Fsp3) is 0.0556. The lowest BCUT2D eigenvalue weighted by Crippen LogP contribution is -2.29. The molecule has 2 nitrogen and oxygen atoms in total. The minimum Gasteiger partial charge on any atom is -0.333 e. The van der Waals surface area contributed by atoms with Crippen molar-refractivity contribution in [1.82, 2.24) is 4.57 Å². The molecule has 5 aromatic carbocycles. The highest BCUT2D eigenvalue weighted by Gasteiger charge is 2.38. The summed E-state index contributed by atoms with van der Waals surface area (Å²) in [4.78, 5) is 2.50. The first kappa shape index (κ1) is 21.3. The molecule has 0 amide bonds. The maximum Gasteiger partial charge on any atom is 0.0635 e. The Morgan fingerprint density at radius 2 is 1.24 bits per heavy atom. The lowest BCUT2D eigenvalue weighted by Gasteiger charge is -2.30. The number of para-hydroxylation sites is 4. The Balaban J connectivity index is 1.30. The first-order valence-electron chi connectivity index (χ1n) is 13.3. The predicted octanol–water partition coefficient (Wildman–Crippen LogP) is 9.04. The largest absolute Gasteiger partial charge is 0.333 e. The maximum atomic E-state index is 2.50. The van der Waals surface area contributed by atoms with E-state index in [2.05, 4.69) is 155 Å². The van der Waals surface area contributed by atoms with Gasteiger partial charge in [-0.05, 0) is 59.2 Å². The van der Waals surface area contributed by atoms with Crippen molar-refractivity contribution in [2.45, 2.75) is 12.0 Å². The molecule has 2 heterocycles. The van der Waals surface area contributed by atoms with Crippen molar-refractivity contribution in [2.24, 2.45) is 0 Å². The van der Waals surface area contributed by atoms with Crippen LogP contribution in [0.4, 0.5) is 11.4 Å². The lowest BCUT2D eigenvalue weighted by atomic mass is 9.86. The number of hydrogen-bond donors (Lipinski definition) is 0. The molecule has 2 aliphatic rings. The summed E-state index contributed by atoms with van der Waals surface area (Å²) in [5.74, 6) is 0.342. The van der Waals surface area contributed by atoms with Gasteiger partial charge in [0.15, 0.2) is 0 Å². The minimum absolute atomic E-state index is 0.241. The Bertz CT molecular complexity index is 1880. The molecule has 0 saturated heterocycles. The number of aromatic nitrogens is 1. The number of fused-ring (bicyclic) bond motifs is 6. The Kier molecular flexibility index (Phi) is 4.68. The van der Waals surface area contributed by atoms with Gasteiger partial charge in [0.1, 0.15) is 0 Å². The number of benzene rings is 5. The van der Waals surface area contributed by atoms with Gasteiger partial charge in [-0.1, -0.05) is 103 Å². The maximum absolute atomic E-state index is 2.50. The highest BCUT2D eigenvalue weighted by atomic mass is 15.2. The van der Waals surface area contributed by atoms with Crippen molar-refractivity contribution in [3.8, 4) is 5.69 Å². The second-order valence-electron chi connectivity index (χ2n) is 10.2. The summed E-state index contributed by atoms with van der Waals surface area (Å²) >= 11 is 0. The smallest absolute Gasteiger partial charge is 0.0635 e. The molecule has 180 valence electrons. The van der Waals surface area contributed by atoms with Crippen LogP contribution in [0.1, 0.15) is 17.0 Å². The second-order valence-corrected chi connectivity index (χ2v) is 10.2. The average molecular weight is 487 g/mol. The van der Waals surface area contributed by atoms with Crippen LogP contribution in [0.15, 0.2) is 146 Å². The number of hydrogen-bond acceptors (Lipinski definition) is 1. The van der Waals surface area contributed by atoms with Crippen molar-refractivity contribution >= 4 is 38.8 Å². The predicted molar refractivity (Wildman–Crippen MR) is 159 cm³/mol. The van der Waals surface area contributed by atoms with Gasteiger partial charge in [-0.3, -0.25) is 0 Å². The van der Waals surface area contributed by atoms with E-state index in [4.69, 9.17) is 0 Å². The van der Waals surface area contributed by atoms with Crippen molar-refractivity contribution < 1.29 is 0 Å². The van der Waals surface area contributed by atoms with Gasteiger partial charge in [0.05, 0.1) is 17.1 Å². The molecule has 0 spiro atoms. The van der Waals surface area contributed by atoms with E-state index in [1.165, 1.54) is 55.6 Å². The van der Waals surface area contributed by atoms with Gasteiger partial charge in [-0.15, -0.1) is 0 Å². The van der Waals surface area contributed by atoms with Crippen LogP contribution < -0.4 is 4.90 Å². The number of allylic oxidation sites excluding steroid dienone is 2. The van der Waals surface area contributed by atoms with Crippen LogP contribution in [-0.4, -0.2) is 10.6 Å². The van der Waals surface area contributed by atoms with Crippen LogP contribution in [-0.2, 0) is 0 Å². The Labute approximate surface area is 222 Å². The molecule has 0 bridgehead atoms. The quantitative estimate of drug-likeness (QED) is 0.242.